The van der Waals surface area contributed by atoms with Crippen LogP contribution in [0, 0.1) is 5.92 Å². The van der Waals surface area contributed by atoms with Crippen molar-refractivity contribution in [3.8, 4) is 0 Å². The topological polar surface area (TPSA) is 21.1 Å². The van der Waals surface area contributed by atoms with Crippen LogP contribution in [0.3, 0.4) is 0 Å². The van der Waals surface area contributed by atoms with Gasteiger partial charge in [0, 0.05) is 11.6 Å². The minimum atomic E-state index is 0.776. The number of benzene rings is 3. The molecule has 3 nitrogen and oxygen atoms in total. The zero-order valence-electron chi connectivity index (χ0n) is 17.8. The van der Waals surface area contributed by atoms with Gasteiger partial charge in [0.2, 0.25) is 0 Å². The van der Waals surface area contributed by atoms with E-state index in [2.05, 4.69) is 76.2 Å². The Balaban J connectivity index is 1.29. The molecule has 1 aromatic heterocycles. The average Bonchev–Trinajstić information content (AvgIpc) is 3.14. The van der Waals surface area contributed by atoms with Gasteiger partial charge in [-0.25, -0.2) is 4.98 Å². The second-order valence-electron chi connectivity index (χ2n) is 8.64. The Labute approximate surface area is 189 Å². The van der Waals surface area contributed by atoms with E-state index in [9.17, 15) is 0 Å². The van der Waals surface area contributed by atoms with Crippen LogP contribution in [0.4, 0.5) is 0 Å². The Kier molecular flexibility index (Phi) is 6.06. The van der Waals surface area contributed by atoms with Crippen molar-refractivity contribution in [2.24, 2.45) is 5.92 Å². The molecule has 1 fully saturated rings. The fourth-order valence-electron chi connectivity index (χ4n) is 4.69. The van der Waals surface area contributed by atoms with Gasteiger partial charge < -0.3 is 4.57 Å². The molecule has 0 bridgehead atoms. The van der Waals surface area contributed by atoms with Crippen molar-refractivity contribution in [2.75, 3.05) is 13.1 Å². The van der Waals surface area contributed by atoms with E-state index in [1.165, 1.54) is 35.9 Å². The Morgan fingerprint density at radius 1 is 0.774 bits per heavy atom. The molecule has 1 saturated heterocycles. The van der Waals surface area contributed by atoms with Crippen LogP contribution in [-0.4, -0.2) is 27.5 Å². The zero-order chi connectivity index (χ0) is 21.0. The second-order valence-corrected chi connectivity index (χ2v) is 9.08. The van der Waals surface area contributed by atoms with E-state index >= 15 is 0 Å². The quantitative estimate of drug-likeness (QED) is 0.364. The van der Waals surface area contributed by atoms with Crippen molar-refractivity contribution in [2.45, 2.75) is 32.4 Å². The van der Waals surface area contributed by atoms with Crippen LogP contribution in [0.2, 0.25) is 5.02 Å². The molecule has 0 amide bonds. The number of fused-ring (bicyclic) bond motifs is 1. The van der Waals surface area contributed by atoms with Crippen molar-refractivity contribution < 1.29 is 0 Å². The number of likely N-dealkylation sites (tertiary alicyclic amines) is 1. The third kappa shape index (κ3) is 4.84. The van der Waals surface area contributed by atoms with Crippen molar-refractivity contribution in [1.29, 1.82) is 0 Å². The van der Waals surface area contributed by atoms with Gasteiger partial charge in [-0.2, -0.15) is 0 Å². The summed E-state index contributed by atoms with van der Waals surface area (Å²) in [5.41, 5.74) is 4.98. The van der Waals surface area contributed by atoms with Crippen LogP contribution in [-0.2, 0) is 19.5 Å². The summed E-state index contributed by atoms with van der Waals surface area (Å²) in [6, 6.07) is 27.5. The van der Waals surface area contributed by atoms with E-state index < -0.39 is 0 Å². The van der Waals surface area contributed by atoms with Crippen LogP contribution in [0.15, 0.2) is 78.9 Å². The average molecular weight is 430 g/mol. The first kappa shape index (κ1) is 20.3. The number of aromatic nitrogens is 2. The molecular formula is C27H28ClN3. The summed E-state index contributed by atoms with van der Waals surface area (Å²) in [4.78, 5) is 7.57. The first-order valence-electron chi connectivity index (χ1n) is 11.2. The molecule has 0 N–H and O–H groups in total. The van der Waals surface area contributed by atoms with Gasteiger partial charge >= 0.3 is 0 Å². The van der Waals surface area contributed by atoms with Gasteiger partial charge in [-0.1, -0.05) is 66.2 Å². The summed E-state index contributed by atoms with van der Waals surface area (Å²) >= 11 is 6.09. The molecule has 2 heterocycles. The first-order valence-corrected chi connectivity index (χ1v) is 11.6. The maximum absolute atomic E-state index is 6.09. The van der Waals surface area contributed by atoms with E-state index in [0.29, 0.717) is 0 Å². The maximum atomic E-state index is 6.09. The van der Waals surface area contributed by atoms with Crippen molar-refractivity contribution in [3.05, 3.63) is 101 Å². The molecule has 0 spiro atoms. The number of hydrogen-bond donors (Lipinski definition) is 0. The van der Waals surface area contributed by atoms with Gasteiger partial charge in [-0.15, -0.1) is 0 Å². The normalized spacial score (nSPS) is 15.5. The van der Waals surface area contributed by atoms with Gasteiger partial charge in [0.1, 0.15) is 5.82 Å². The molecular weight excluding hydrogens is 402 g/mol. The highest BCUT2D eigenvalue weighted by Gasteiger charge is 2.21. The molecule has 0 aliphatic carbocycles. The third-order valence-electron chi connectivity index (χ3n) is 6.43. The number of nitrogens with zero attached hydrogens (tertiary/aromatic N) is 3. The Morgan fingerprint density at radius 3 is 2.26 bits per heavy atom. The third-order valence-corrected chi connectivity index (χ3v) is 6.68. The number of para-hydroxylation sites is 2. The molecule has 1 aliphatic rings. The van der Waals surface area contributed by atoms with Gasteiger partial charge in [-0.05, 0) is 73.7 Å². The number of rotatable bonds is 6. The van der Waals surface area contributed by atoms with Gasteiger partial charge in [0.15, 0.2) is 0 Å². The fraction of sp³-hybridized carbons (Fsp3) is 0.296. The highest BCUT2D eigenvalue weighted by Crippen LogP contribution is 2.25. The molecule has 1 aliphatic heterocycles. The number of piperidine rings is 1. The Hall–Kier alpha value is -2.62. The maximum Gasteiger partial charge on any atom is 0.124 e. The molecule has 4 heteroatoms. The lowest BCUT2D eigenvalue weighted by atomic mass is 9.90. The van der Waals surface area contributed by atoms with Crippen LogP contribution in [0.1, 0.15) is 29.8 Å². The number of imidazole rings is 1. The van der Waals surface area contributed by atoms with Crippen LogP contribution < -0.4 is 0 Å². The summed E-state index contributed by atoms with van der Waals surface area (Å²) in [7, 11) is 0. The lowest BCUT2D eigenvalue weighted by molar-refractivity contribution is 0.172. The zero-order valence-corrected chi connectivity index (χ0v) is 18.5. The molecule has 158 valence electrons. The number of halogens is 1. The summed E-state index contributed by atoms with van der Waals surface area (Å²) in [5.74, 6) is 1.93. The highest BCUT2D eigenvalue weighted by molar-refractivity contribution is 6.30. The van der Waals surface area contributed by atoms with E-state index in [1.807, 2.05) is 12.1 Å². The highest BCUT2D eigenvalue weighted by atomic mass is 35.5. The standard InChI is InChI=1S/C27H28ClN3/c28-24-12-10-23(11-13-24)19-31-26-9-5-4-8-25(26)29-27(31)20-30-16-14-22(15-17-30)18-21-6-2-1-3-7-21/h1-13,22H,14-20H2. The lowest BCUT2D eigenvalue weighted by Gasteiger charge is -2.32. The molecule has 0 saturated carbocycles. The molecule has 0 radical (unpaired) electrons. The Morgan fingerprint density at radius 2 is 1.48 bits per heavy atom. The summed E-state index contributed by atoms with van der Waals surface area (Å²) in [6.07, 6.45) is 3.71. The minimum absolute atomic E-state index is 0.776. The monoisotopic (exact) mass is 429 g/mol. The predicted molar refractivity (Wildman–Crippen MR) is 128 cm³/mol. The second kappa shape index (κ2) is 9.25. The van der Waals surface area contributed by atoms with Gasteiger partial charge in [-0.3, -0.25) is 4.90 Å². The molecule has 0 atom stereocenters. The summed E-state index contributed by atoms with van der Waals surface area (Å²) in [6.45, 7) is 4.00. The SMILES string of the molecule is Clc1ccc(Cn2c(CN3CCC(Cc4ccccc4)CC3)nc3ccccc32)cc1. The summed E-state index contributed by atoms with van der Waals surface area (Å²) in [5, 5.41) is 0.776. The molecule has 0 unspecified atom stereocenters. The van der Waals surface area contributed by atoms with E-state index in [0.717, 1.165) is 48.5 Å². The van der Waals surface area contributed by atoms with E-state index in [4.69, 9.17) is 16.6 Å². The van der Waals surface area contributed by atoms with Crippen LogP contribution in [0.25, 0.3) is 11.0 Å². The lowest BCUT2D eigenvalue weighted by Crippen LogP contribution is -2.34. The predicted octanol–water partition coefficient (Wildman–Crippen LogP) is 6.19. The molecule has 3 aromatic carbocycles. The molecule has 5 rings (SSSR count). The smallest absolute Gasteiger partial charge is 0.124 e. The van der Waals surface area contributed by atoms with Crippen molar-refractivity contribution in [1.82, 2.24) is 14.5 Å². The van der Waals surface area contributed by atoms with Crippen LogP contribution in [0.5, 0.6) is 0 Å². The summed E-state index contributed by atoms with van der Waals surface area (Å²) < 4.78 is 2.37. The van der Waals surface area contributed by atoms with Crippen molar-refractivity contribution >= 4 is 22.6 Å². The van der Waals surface area contributed by atoms with E-state index in [1.54, 1.807) is 0 Å². The van der Waals surface area contributed by atoms with Crippen molar-refractivity contribution in [3.63, 3.8) is 0 Å². The Bertz CT molecular complexity index is 1130. The van der Waals surface area contributed by atoms with E-state index in [-0.39, 0.29) is 0 Å². The minimum Gasteiger partial charge on any atom is -0.322 e. The van der Waals surface area contributed by atoms with Gasteiger partial charge in [0.25, 0.3) is 0 Å². The first-order chi connectivity index (χ1) is 15.2. The van der Waals surface area contributed by atoms with Crippen LogP contribution >= 0.6 is 11.6 Å². The largest absolute Gasteiger partial charge is 0.322 e. The molecule has 31 heavy (non-hydrogen) atoms. The fourth-order valence-corrected chi connectivity index (χ4v) is 4.82. The number of hydrogen-bond acceptors (Lipinski definition) is 2. The van der Waals surface area contributed by atoms with Gasteiger partial charge in [0.05, 0.1) is 17.6 Å². The molecule has 4 aromatic rings.